The normalized spacial score (nSPS) is 20.6. The van der Waals surface area contributed by atoms with E-state index in [1.165, 1.54) is 19.4 Å². The van der Waals surface area contributed by atoms with Crippen molar-refractivity contribution in [2.75, 3.05) is 13.1 Å². The van der Waals surface area contributed by atoms with Crippen LogP contribution in [0.25, 0.3) is 11.5 Å². The molecule has 6 nitrogen and oxygen atoms in total. The fourth-order valence-corrected chi connectivity index (χ4v) is 2.64. The molecule has 6 heteroatoms. The van der Waals surface area contributed by atoms with Crippen LogP contribution in [0.3, 0.4) is 0 Å². The molecule has 0 aliphatic carbocycles. The summed E-state index contributed by atoms with van der Waals surface area (Å²) in [7, 11) is 0. The number of H-pyrrole nitrogens is 1. The summed E-state index contributed by atoms with van der Waals surface area (Å²) < 4.78 is 1.93. The van der Waals surface area contributed by atoms with Gasteiger partial charge in [-0.25, -0.2) is 4.98 Å². The number of hydrogen-bond acceptors (Lipinski definition) is 4. The largest absolute Gasteiger partial charge is 0.343 e. The van der Waals surface area contributed by atoms with Crippen LogP contribution in [0.5, 0.6) is 0 Å². The molecule has 0 amide bonds. The van der Waals surface area contributed by atoms with E-state index in [0.29, 0.717) is 6.04 Å². The number of likely N-dealkylation sites (N-methyl/N-ethyl adjacent to an activating group) is 1. The fraction of sp³-hybridized carbons (Fsp3) is 0.583. The number of hydrogen-bond donors (Lipinski definition) is 1. The van der Waals surface area contributed by atoms with Crippen molar-refractivity contribution in [2.24, 2.45) is 0 Å². The number of likely N-dealkylation sites (tertiary alicyclic amines) is 1. The molecule has 0 aromatic carbocycles. The molecule has 0 bridgehead atoms. The Morgan fingerprint density at radius 3 is 3.22 bits per heavy atom. The third-order valence-corrected chi connectivity index (χ3v) is 3.58. The van der Waals surface area contributed by atoms with Gasteiger partial charge in [-0.3, -0.25) is 9.58 Å². The van der Waals surface area contributed by atoms with E-state index in [2.05, 4.69) is 32.1 Å². The van der Waals surface area contributed by atoms with E-state index in [9.17, 15) is 0 Å². The Balaban J connectivity index is 1.70. The van der Waals surface area contributed by atoms with E-state index in [-0.39, 0.29) is 0 Å². The van der Waals surface area contributed by atoms with E-state index in [1.54, 1.807) is 12.4 Å². The van der Waals surface area contributed by atoms with Gasteiger partial charge in [0.25, 0.3) is 0 Å². The van der Waals surface area contributed by atoms with Crippen molar-refractivity contribution in [1.29, 1.82) is 0 Å². The van der Waals surface area contributed by atoms with Crippen molar-refractivity contribution in [1.82, 2.24) is 29.9 Å². The minimum absolute atomic E-state index is 0.598. The highest BCUT2D eigenvalue weighted by Gasteiger charge is 2.23. The van der Waals surface area contributed by atoms with Crippen molar-refractivity contribution in [3.05, 3.63) is 18.6 Å². The van der Waals surface area contributed by atoms with Crippen molar-refractivity contribution in [3.8, 4) is 11.5 Å². The summed E-state index contributed by atoms with van der Waals surface area (Å²) in [5.41, 5.74) is 0.807. The van der Waals surface area contributed by atoms with E-state index < -0.39 is 0 Å². The number of rotatable bonds is 4. The average molecular weight is 246 g/mol. The maximum absolute atomic E-state index is 4.18. The Morgan fingerprint density at radius 1 is 1.50 bits per heavy atom. The van der Waals surface area contributed by atoms with Crippen molar-refractivity contribution in [3.63, 3.8) is 0 Å². The smallest absolute Gasteiger partial charge is 0.159 e. The predicted molar refractivity (Wildman–Crippen MR) is 67.9 cm³/mol. The average Bonchev–Trinajstić information content (AvgIpc) is 3.10. The zero-order chi connectivity index (χ0) is 12.4. The molecular formula is C12H18N6. The fourth-order valence-electron chi connectivity index (χ4n) is 2.64. The molecule has 0 spiro atoms. The Bertz CT molecular complexity index is 488. The molecular weight excluding hydrogens is 228 g/mol. The van der Waals surface area contributed by atoms with Crippen LogP contribution < -0.4 is 0 Å². The Hall–Kier alpha value is -1.69. The molecule has 96 valence electrons. The summed E-state index contributed by atoms with van der Waals surface area (Å²) in [6, 6.07) is 0.598. The highest BCUT2D eigenvalue weighted by atomic mass is 15.4. The van der Waals surface area contributed by atoms with Crippen molar-refractivity contribution >= 4 is 0 Å². The van der Waals surface area contributed by atoms with E-state index in [1.807, 2.05) is 10.9 Å². The molecule has 0 unspecified atom stereocenters. The molecule has 2 aromatic heterocycles. The SMILES string of the molecule is CCN1CCC[C@@H]1Cn1cc(-c2ncc[nH]2)nn1. The van der Waals surface area contributed by atoms with E-state index in [0.717, 1.165) is 24.6 Å². The topological polar surface area (TPSA) is 62.6 Å². The van der Waals surface area contributed by atoms with Gasteiger partial charge < -0.3 is 4.98 Å². The van der Waals surface area contributed by atoms with Gasteiger partial charge in [-0.1, -0.05) is 12.1 Å². The first-order chi connectivity index (χ1) is 8.86. The van der Waals surface area contributed by atoms with E-state index in [4.69, 9.17) is 0 Å². The Kier molecular flexibility index (Phi) is 3.10. The maximum Gasteiger partial charge on any atom is 0.159 e. The number of aromatic amines is 1. The third kappa shape index (κ3) is 2.15. The lowest BCUT2D eigenvalue weighted by atomic mass is 10.2. The summed E-state index contributed by atoms with van der Waals surface area (Å²) in [6.07, 6.45) is 8.03. The molecule has 1 fully saturated rings. The van der Waals surface area contributed by atoms with Crippen LogP contribution in [0.15, 0.2) is 18.6 Å². The minimum Gasteiger partial charge on any atom is -0.343 e. The quantitative estimate of drug-likeness (QED) is 0.879. The second-order valence-corrected chi connectivity index (χ2v) is 4.69. The number of nitrogens with one attached hydrogen (secondary N) is 1. The molecule has 0 radical (unpaired) electrons. The lowest BCUT2D eigenvalue weighted by Gasteiger charge is -2.22. The van der Waals surface area contributed by atoms with Crippen LogP contribution in [0.1, 0.15) is 19.8 Å². The van der Waals surface area contributed by atoms with Crippen LogP contribution in [-0.4, -0.2) is 49.0 Å². The first-order valence-corrected chi connectivity index (χ1v) is 6.50. The van der Waals surface area contributed by atoms with Gasteiger partial charge in [0, 0.05) is 18.4 Å². The number of nitrogens with zero attached hydrogens (tertiary/aromatic N) is 5. The van der Waals surface area contributed by atoms with Crippen LogP contribution in [-0.2, 0) is 6.54 Å². The highest BCUT2D eigenvalue weighted by molar-refractivity contribution is 5.45. The summed E-state index contributed by atoms with van der Waals surface area (Å²) >= 11 is 0. The molecule has 1 saturated heterocycles. The molecule has 1 atom stereocenters. The molecule has 3 heterocycles. The van der Waals surface area contributed by atoms with Gasteiger partial charge in [0.15, 0.2) is 5.82 Å². The van der Waals surface area contributed by atoms with Crippen molar-refractivity contribution in [2.45, 2.75) is 32.4 Å². The first-order valence-electron chi connectivity index (χ1n) is 6.50. The van der Waals surface area contributed by atoms with Crippen LogP contribution in [0.4, 0.5) is 0 Å². The maximum atomic E-state index is 4.18. The second-order valence-electron chi connectivity index (χ2n) is 4.69. The van der Waals surface area contributed by atoms with Crippen LogP contribution in [0, 0.1) is 0 Å². The summed E-state index contributed by atoms with van der Waals surface area (Å²) in [5, 5.41) is 8.34. The van der Waals surface area contributed by atoms with Gasteiger partial charge in [-0.05, 0) is 25.9 Å². The Labute approximate surface area is 106 Å². The second kappa shape index (κ2) is 4.89. The highest BCUT2D eigenvalue weighted by Crippen LogP contribution is 2.18. The number of aromatic nitrogens is 5. The van der Waals surface area contributed by atoms with Gasteiger partial charge >= 0.3 is 0 Å². The lowest BCUT2D eigenvalue weighted by molar-refractivity contribution is 0.237. The summed E-state index contributed by atoms with van der Waals surface area (Å²) in [6.45, 7) is 5.46. The van der Waals surface area contributed by atoms with Gasteiger partial charge in [-0.15, -0.1) is 5.10 Å². The van der Waals surface area contributed by atoms with Gasteiger partial charge in [0.2, 0.25) is 0 Å². The minimum atomic E-state index is 0.598. The predicted octanol–water partition coefficient (Wildman–Crippen LogP) is 1.15. The summed E-state index contributed by atoms with van der Waals surface area (Å²) in [4.78, 5) is 9.73. The molecule has 18 heavy (non-hydrogen) atoms. The third-order valence-electron chi connectivity index (χ3n) is 3.58. The molecule has 1 aliphatic rings. The first kappa shape index (κ1) is 11.4. The summed E-state index contributed by atoms with van der Waals surface area (Å²) in [5.74, 6) is 0.778. The van der Waals surface area contributed by atoms with E-state index >= 15 is 0 Å². The monoisotopic (exact) mass is 246 g/mol. The molecule has 1 aliphatic heterocycles. The molecule has 2 aromatic rings. The van der Waals surface area contributed by atoms with Crippen LogP contribution >= 0.6 is 0 Å². The zero-order valence-electron chi connectivity index (χ0n) is 10.6. The number of imidazole rings is 1. The Morgan fingerprint density at radius 2 is 2.44 bits per heavy atom. The molecule has 0 saturated carbocycles. The molecule has 3 rings (SSSR count). The van der Waals surface area contributed by atoms with Gasteiger partial charge in [-0.2, -0.15) is 0 Å². The van der Waals surface area contributed by atoms with Crippen molar-refractivity contribution < 1.29 is 0 Å². The van der Waals surface area contributed by atoms with Crippen LogP contribution in [0.2, 0.25) is 0 Å². The van der Waals surface area contributed by atoms with Gasteiger partial charge in [0.1, 0.15) is 5.69 Å². The molecule has 1 N–H and O–H groups in total. The standard InChI is InChI=1S/C12H18N6/c1-2-17-7-3-4-10(17)8-18-9-11(15-16-18)12-13-5-6-14-12/h5-6,9-10H,2-4,7-8H2,1H3,(H,13,14)/t10-/m1/s1. The van der Waals surface area contributed by atoms with Gasteiger partial charge in [0.05, 0.1) is 12.7 Å². The lowest BCUT2D eigenvalue weighted by Crippen LogP contribution is -2.32. The zero-order valence-corrected chi connectivity index (χ0v) is 10.6.